The summed E-state index contributed by atoms with van der Waals surface area (Å²) in [4.78, 5) is 31.1. The molecule has 0 aliphatic carbocycles. The van der Waals surface area contributed by atoms with Crippen molar-refractivity contribution in [1.29, 1.82) is 5.41 Å². The van der Waals surface area contributed by atoms with Gasteiger partial charge in [-0.1, -0.05) is 25.5 Å². The van der Waals surface area contributed by atoms with E-state index in [4.69, 9.17) is 16.0 Å². The van der Waals surface area contributed by atoms with Crippen LogP contribution in [0.25, 0.3) is 0 Å². The molecule has 2 amide bonds. The molecule has 4 N–H and O–H groups in total. The van der Waals surface area contributed by atoms with Crippen LogP contribution in [0, 0.1) is 5.41 Å². The third-order valence-electron chi connectivity index (χ3n) is 3.98. The number of amidine groups is 1. The molecule has 8 nitrogen and oxygen atoms in total. The van der Waals surface area contributed by atoms with Crippen molar-refractivity contribution in [1.82, 2.24) is 15.3 Å². The largest absolute Gasteiger partial charge is 0.426 e. The molecule has 1 aliphatic heterocycles. The highest BCUT2D eigenvalue weighted by Gasteiger charge is 2.24. The summed E-state index contributed by atoms with van der Waals surface area (Å²) >= 11 is 0. The van der Waals surface area contributed by atoms with E-state index >= 15 is 0 Å². The topological polar surface area (TPSA) is 112 Å². The van der Waals surface area contributed by atoms with Gasteiger partial charge in [0, 0.05) is 30.8 Å². The highest BCUT2D eigenvalue weighted by molar-refractivity contribution is 5.98. The number of carbonyl (C=O) groups is 2. The third-order valence-corrected chi connectivity index (χ3v) is 3.98. The predicted molar refractivity (Wildman–Crippen MR) is 94.3 cm³/mol. The van der Waals surface area contributed by atoms with Gasteiger partial charge in [0.2, 0.25) is 0 Å². The molecule has 0 saturated carbocycles. The van der Waals surface area contributed by atoms with Gasteiger partial charge in [0.05, 0.1) is 13.1 Å². The highest BCUT2D eigenvalue weighted by Crippen LogP contribution is 2.10. The molecule has 2 rings (SSSR count). The summed E-state index contributed by atoms with van der Waals surface area (Å²) in [5, 5.41) is 11.6. The Kier molecular flexibility index (Phi) is 6.76. The van der Waals surface area contributed by atoms with Gasteiger partial charge in [0.1, 0.15) is 5.84 Å². The van der Waals surface area contributed by atoms with E-state index in [9.17, 15) is 9.59 Å². The molecule has 0 atom stereocenters. The Morgan fingerprint density at radius 3 is 2.32 bits per heavy atom. The first-order valence-electron chi connectivity index (χ1n) is 8.45. The molecule has 1 aliphatic rings. The Morgan fingerprint density at radius 2 is 1.76 bits per heavy atom. The Balaban J connectivity index is 1.80. The van der Waals surface area contributed by atoms with E-state index in [0.29, 0.717) is 43.9 Å². The lowest BCUT2D eigenvalue weighted by atomic mass is 10.1. The Bertz CT molecular complexity index is 609. The van der Waals surface area contributed by atoms with Crippen LogP contribution in [0.5, 0.6) is 0 Å². The van der Waals surface area contributed by atoms with Crippen LogP contribution in [0.15, 0.2) is 24.3 Å². The SMILES string of the molecule is CCCCNC(=O)ON1CCN(C(=O)c2ccc(C(=N)N)cc2)CC1. The number of hydrogen-bond donors (Lipinski definition) is 3. The first kappa shape index (κ1) is 18.7. The number of carbonyl (C=O) groups excluding carboxylic acids is 2. The summed E-state index contributed by atoms with van der Waals surface area (Å²) in [5.74, 6) is -0.107. The number of nitrogens with one attached hydrogen (secondary N) is 2. The van der Waals surface area contributed by atoms with Crippen molar-refractivity contribution in [3.63, 3.8) is 0 Å². The number of amides is 2. The van der Waals surface area contributed by atoms with Gasteiger partial charge in [-0.25, -0.2) is 4.79 Å². The van der Waals surface area contributed by atoms with E-state index in [1.807, 2.05) is 0 Å². The standard InChI is InChI=1S/C17H25N5O3/c1-2-3-8-20-17(24)25-22-11-9-21(10-12-22)16(23)14-6-4-13(5-7-14)15(18)19/h4-7H,2-3,8-12H2,1H3,(H3,18,19)(H,20,24). The number of benzene rings is 1. The predicted octanol–water partition coefficient (Wildman–Crippen LogP) is 1.17. The fourth-order valence-electron chi connectivity index (χ4n) is 2.47. The lowest BCUT2D eigenvalue weighted by Crippen LogP contribution is -2.50. The molecule has 0 aromatic heterocycles. The number of nitrogens with two attached hydrogens (primary N) is 1. The molecular formula is C17H25N5O3. The monoisotopic (exact) mass is 347 g/mol. The number of hydroxylamine groups is 2. The Morgan fingerprint density at radius 1 is 1.16 bits per heavy atom. The molecule has 1 saturated heterocycles. The minimum absolute atomic E-state index is 0.0259. The second-order valence-corrected chi connectivity index (χ2v) is 5.87. The second kappa shape index (κ2) is 9.03. The number of nitrogens with zero attached hydrogens (tertiary/aromatic N) is 2. The van der Waals surface area contributed by atoms with Crippen LogP contribution in [-0.2, 0) is 4.84 Å². The maximum Gasteiger partial charge on any atom is 0.426 e. The maximum absolute atomic E-state index is 12.5. The van der Waals surface area contributed by atoms with Crippen LogP contribution in [-0.4, -0.2) is 60.5 Å². The van der Waals surface area contributed by atoms with Gasteiger partial charge < -0.3 is 20.8 Å². The lowest BCUT2D eigenvalue weighted by Gasteiger charge is -2.33. The number of unbranched alkanes of at least 4 members (excludes halogenated alkanes) is 1. The Labute approximate surface area is 147 Å². The first-order chi connectivity index (χ1) is 12.0. The molecule has 136 valence electrons. The molecule has 1 heterocycles. The molecule has 0 bridgehead atoms. The number of hydrogen-bond acceptors (Lipinski definition) is 5. The van der Waals surface area contributed by atoms with Crippen LogP contribution in [0.1, 0.15) is 35.7 Å². The lowest BCUT2D eigenvalue weighted by molar-refractivity contribution is -0.118. The fraction of sp³-hybridized carbons (Fsp3) is 0.471. The van der Waals surface area contributed by atoms with Crippen LogP contribution >= 0.6 is 0 Å². The maximum atomic E-state index is 12.5. The molecule has 1 fully saturated rings. The molecule has 25 heavy (non-hydrogen) atoms. The zero-order chi connectivity index (χ0) is 18.2. The van der Waals surface area contributed by atoms with Crippen LogP contribution < -0.4 is 11.1 Å². The van der Waals surface area contributed by atoms with Gasteiger partial charge in [-0.15, -0.1) is 5.06 Å². The van der Waals surface area contributed by atoms with Crippen molar-refractivity contribution in [2.45, 2.75) is 19.8 Å². The average Bonchev–Trinajstić information content (AvgIpc) is 2.62. The van der Waals surface area contributed by atoms with E-state index in [2.05, 4.69) is 12.2 Å². The third kappa shape index (κ3) is 5.46. The first-order valence-corrected chi connectivity index (χ1v) is 8.45. The zero-order valence-electron chi connectivity index (χ0n) is 14.5. The molecule has 8 heteroatoms. The summed E-state index contributed by atoms with van der Waals surface area (Å²) in [5.41, 5.74) is 6.55. The number of rotatable bonds is 6. The van der Waals surface area contributed by atoms with Gasteiger partial charge in [-0.3, -0.25) is 10.2 Å². The minimum Gasteiger partial charge on any atom is -0.384 e. The highest BCUT2D eigenvalue weighted by atomic mass is 16.7. The van der Waals surface area contributed by atoms with E-state index in [-0.39, 0.29) is 11.7 Å². The van der Waals surface area contributed by atoms with E-state index in [1.165, 1.54) is 0 Å². The van der Waals surface area contributed by atoms with E-state index in [0.717, 1.165) is 12.8 Å². The second-order valence-electron chi connectivity index (χ2n) is 5.87. The normalized spacial score (nSPS) is 14.8. The van der Waals surface area contributed by atoms with Crippen molar-refractivity contribution in [2.75, 3.05) is 32.7 Å². The molecule has 1 aromatic carbocycles. The van der Waals surface area contributed by atoms with Gasteiger partial charge in [0.25, 0.3) is 5.91 Å². The molecule has 1 aromatic rings. The number of piperazine rings is 1. The minimum atomic E-state index is -0.451. The Hall–Kier alpha value is -2.61. The molecule has 0 spiro atoms. The summed E-state index contributed by atoms with van der Waals surface area (Å²) < 4.78 is 0. The van der Waals surface area contributed by atoms with E-state index in [1.54, 1.807) is 34.2 Å². The fourth-order valence-corrected chi connectivity index (χ4v) is 2.47. The summed E-state index contributed by atoms with van der Waals surface area (Å²) in [6, 6.07) is 6.66. The zero-order valence-corrected chi connectivity index (χ0v) is 14.5. The van der Waals surface area contributed by atoms with Crippen molar-refractivity contribution >= 4 is 17.8 Å². The molecular weight excluding hydrogens is 322 g/mol. The van der Waals surface area contributed by atoms with Gasteiger partial charge >= 0.3 is 6.09 Å². The summed E-state index contributed by atoms with van der Waals surface area (Å²) in [6.45, 7) is 4.56. The summed E-state index contributed by atoms with van der Waals surface area (Å²) in [7, 11) is 0. The average molecular weight is 347 g/mol. The van der Waals surface area contributed by atoms with Gasteiger partial charge in [-0.2, -0.15) is 0 Å². The smallest absolute Gasteiger partial charge is 0.384 e. The van der Waals surface area contributed by atoms with Crippen LogP contribution in [0.2, 0.25) is 0 Å². The van der Waals surface area contributed by atoms with Crippen molar-refractivity contribution in [3.05, 3.63) is 35.4 Å². The quantitative estimate of drug-likeness (QED) is 0.406. The molecule has 0 radical (unpaired) electrons. The summed E-state index contributed by atoms with van der Waals surface area (Å²) in [6.07, 6.45) is 1.47. The van der Waals surface area contributed by atoms with Gasteiger partial charge in [-0.05, 0) is 18.6 Å². The van der Waals surface area contributed by atoms with Crippen molar-refractivity contribution in [3.8, 4) is 0 Å². The number of nitrogen functional groups attached to an aromatic ring is 1. The van der Waals surface area contributed by atoms with Crippen LogP contribution in [0.3, 0.4) is 0 Å². The molecule has 0 unspecified atom stereocenters. The van der Waals surface area contributed by atoms with E-state index < -0.39 is 6.09 Å². The van der Waals surface area contributed by atoms with Crippen molar-refractivity contribution < 1.29 is 14.4 Å². The van der Waals surface area contributed by atoms with Crippen LogP contribution in [0.4, 0.5) is 4.79 Å². The van der Waals surface area contributed by atoms with Gasteiger partial charge in [0.15, 0.2) is 0 Å². The van der Waals surface area contributed by atoms with Crippen molar-refractivity contribution in [2.24, 2.45) is 5.73 Å².